The van der Waals surface area contributed by atoms with Gasteiger partial charge in [0.15, 0.2) is 5.82 Å². The van der Waals surface area contributed by atoms with E-state index in [9.17, 15) is 0 Å². The number of hydrogen-bond acceptors (Lipinski definition) is 3. The molecule has 0 atom stereocenters. The molecule has 1 aliphatic carbocycles. The van der Waals surface area contributed by atoms with Crippen LogP contribution in [0, 0.1) is 0 Å². The largest absolute Gasteiger partial charge is 0.456 e. The monoisotopic (exact) mass is 688 g/mol. The molecule has 2 heterocycles. The second-order valence-electron chi connectivity index (χ2n) is 14.1. The molecule has 1 aromatic heterocycles. The summed E-state index contributed by atoms with van der Waals surface area (Å²) in [5.41, 5.74) is 13.7. The Morgan fingerprint density at radius 1 is 0.352 bits per heavy atom. The second-order valence-corrected chi connectivity index (χ2v) is 14.1. The smallest absolute Gasteiger partial charge is 0.160 e. The molecule has 252 valence electrons. The molecule has 3 heteroatoms. The van der Waals surface area contributed by atoms with Crippen LogP contribution in [-0.2, 0) is 5.41 Å². The molecule has 8 aromatic carbocycles. The first-order valence-electron chi connectivity index (χ1n) is 18.4. The van der Waals surface area contributed by atoms with E-state index in [1.165, 1.54) is 33.0 Å². The molecule has 0 radical (unpaired) electrons. The van der Waals surface area contributed by atoms with Gasteiger partial charge in [-0.25, -0.2) is 9.97 Å². The summed E-state index contributed by atoms with van der Waals surface area (Å²) in [7, 11) is 0. The summed E-state index contributed by atoms with van der Waals surface area (Å²) in [6, 6.07) is 68.8. The van der Waals surface area contributed by atoms with Crippen molar-refractivity contribution in [1.82, 2.24) is 9.97 Å². The molecule has 0 amide bonds. The van der Waals surface area contributed by atoms with Gasteiger partial charge < -0.3 is 4.74 Å². The van der Waals surface area contributed by atoms with Crippen LogP contribution in [0.15, 0.2) is 194 Å². The summed E-state index contributed by atoms with van der Waals surface area (Å²) >= 11 is 0. The van der Waals surface area contributed by atoms with Gasteiger partial charge in [-0.1, -0.05) is 170 Å². The average Bonchev–Trinajstić information content (AvgIpc) is 3.54. The topological polar surface area (TPSA) is 35.0 Å². The molecule has 2 aliphatic rings. The Labute approximate surface area is 313 Å². The molecule has 1 aliphatic heterocycles. The molecule has 0 saturated heterocycles. The van der Waals surface area contributed by atoms with Gasteiger partial charge in [-0.15, -0.1) is 0 Å². The Hall–Kier alpha value is -7.10. The van der Waals surface area contributed by atoms with E-state index in [1.807, 2.05) is 6.07 Å². The molecule has 0 N–H and O–H groups in total. The van der Waals surface area contributed by atoms with E-state index in [-0.39, 0.29) is 0 Å². The van der Waals surface area contributed by atoms with Crippen molar-refractivity contribution in [1.29, 1.82) is 0 Å². The maximum Gasteiger partial charge on any atom is 0.160 e. The van der Waals surface area contributed by atoms with Gasteiger partial charge in [-0.05, 0) is 62.9 Å². The molecule has 0 bridgehead atoms. The highest BCUT2D eigenvalue weighted by Crippen LogP contribution is 2.63. The number of nitrogens with zero attached hydrogens (tertiary/aromatic N) is 2. The van der Waals surface area contributed by atoms with Gasteiger partial charge in [-0.3, -0.25) is 0 Å². The zero-order chi connectivity index (χ0) is 35.6. The van der Waals surface area contributed by atoms with Gasteiger partial charge in [0, 0.05) is 33.4 Å². The summed E-state index contributed by atoms with van der Waals surface area (Å²) in [6.45, 7) is 0. The summed E-state index contributed by atoms with van der Waals surface area (Å²) in [4.78, 5) is 10.4. The average molecular weight is 689 g/mol. The van der Waals surface area contributed by atoms with Crippen molar-refractivity contribution in [3.63, 3.8) is 0 Å². The highest BCUT2D eigenvalue weighted by atomic mass is 16.5. The van der Waals surface area contributed by atoms with Crippen LogP contribution in [-0.4, -0.2) is 9.97 Å². The van der Waals surface area contributed by atoms with E-state index < -0.39 is 5.41 Å². The van der Waals surface area contributed by atoms with E-state index in [2.05, 4.69) is 188 Å². The number of rotatable bonds is 4. The fourth-order valence-electron chi connectivity index (χ4n) is 8.76. The van der Waals surface area contributed by atoms with Crippen LogP contribution in [0.5, 0.6) is 11.5 Å². The van der Waals surface area contributed by atoms with Crippen molar-refractivity contribution in [2.24, 2.45) is 0 Å². The van der Waals surface area contributed by atoms with Crippen LogP contribution in [0.25, 0.3) is 66.9 Å². The number of hydrogen-bond donors (Lipinski definition) is 0. The van der Waals surface area contributed by atoms with Gasteiger partial charge in [0.25, 0.3) is 0 Å². The van der Waals surface area contributed by atoms with Gasteiger partial charge >= 0.3 is 0 Å². The highest BCUT2D eigenvalue weighted by molar-refractivity contribution is 5.91. The molecule has 0 fully saturated rings. The number of ether oxygens (including phenoxy) is 1. The number of aromatic nitrogens is 2. The van der Waals surface area contributed by atoms with Crippen LogP contribution >= 0.6 is 0 Å². The lowest BCUT2D eigenvalue weighted by Gasteiger charge is -2.40. The highest BCUT2D eigenvalue weighted by Gasteiger charge is 2.51. The lowest BCUT2D eigenvalue weighted by molar-refractivity contribution is 0.438. The fourth-order valence-corrected chi connectivity index (χ4v) is 8.76. The maximum atomic E-state index is 6.98. The normalized spacial score (nSPS) is 13.1. The van der Waals surface area contributed by atoms with E-state index in [1.54, 1.807) is 0 Å². The fraction of sp³-hybridized carbons (Fsp3) is 0.0196. The quantitative estimate of drug-likeness (QED) is 0.185. The van der Waals surface area contributed by atoms with Crippen molar-refractivity contribution in [2.75, 3.05) is 0 Å². The molecular weight excluding hydrogens is 657 g/mol. The molecule has 9 aromatic rings. The minimum Gasteiger partial charge on any atom is -0.456 e. The van der Waals surface area contributed by atoms with E-state index in [4.69, 9.17) is 14.7 Å². The molecule has 11 rings (SSSR count). The zero-order valence-electron chi connectivity index (χ0n) is 29.3. The van der Waals surface area contributed by atoms with Crippen LogP contribution in [0.2, 0.25) is 0 Å². The van der Waals surface area contributed by atoms with Gasteiger partial charge in [0.05, 0.1) is 16.8 Å². The summed E-state index contributed by atoms with van der Waals surface area (Å²) in [6.07, 6.45) is 0. The Morgan fingerprint density at radius 3 is 1.72 bits per heavy atom. The summed E-state index contributed by atoms with van der Waals surface area (Å²) in [5, 5.41) is 2.38. The minimum atomic E-state index is -0.521. The Balaban J connectivity index is 1.10. The Kier molecular flexibility index (Phi) is 6.77. The SMILES string of the molecule is c1ccc(-c2cc(-c3ccc4ccccc4c3)nc(-c3cccc(-c4cccc5c4Oc4ccccc4C54c5ccccc5-c5ccccc54)c3)n2)cc1. The molecule has 3 nitrogen and oxygen atoms in total. The van der Waals surface area contributed by atoms with Gasteiger partial charge in [0.1, 0.15) is 11.5 Å². The predicted octanol–water partition coefficient (Wildman–Crippen LogP) is 12.8. The first-order valence-corrected chi connectivity index (χ1v) is 18.4. The van der Waals surface area contributed by atoms with Gasteiger partial charge in [-0.2, -0.15) is 0 Å². The maximum absolute atomic E-state index is 6.98. The zero-order valence-corrected chi connectivity index (χ0v) is 29.3. The molecule has 1 spiro atoms. The number of para-hydroxylation sites is 2. The van der Waals surface area contributed by atoms with Gasteiger partial charge in [0.2, 0.25) is 0 Å². The van der Waals surface area contributed by atoms with Crippen molar-refractivity contribution in [3.05, 3.63) is 216 Å². The van der Waals surface area contributed by atoms with Crippen molar-refractivity contribution < 1.29 is 4.74 Å². The first-order chi connectivity index (χ1) is 26.8. The second kappa shape index (κ2) is 12.0. The van der Waals surface area contributed by atoms with Crippen LogP contribution in [0.1, 0.15) is 22.3 Å². The lowest BCUT2D eigenvalue weighted by Crippen LogP contribution is -2.32. The Bertz CT molecular complexity index is 2880. The van der Waals surface area contributed by atoms with E-state index in [0.717, 1.165) is 61.8 Å². The minimum absolute atomic E-state index is 0.521. The molecule has 0 saturated carbocycles. The molecular formula is C51H32N2O. The lowest BCUT2D eigenvalue weighted by atomic mass is 9.65. The number of fused-ring (bicyclic) bond motifs is 10. The Morgan fingerprint density at radius 2 is 0.926 bits per heavy atom. The molecule has 0 unspecified atom stereocenters. The van der Waals surface area contributed by atoms with Crippen LogP contribution < -0.4 is 4.74 Å². The third-order valence-electron chi connectivity index (χ3n) is 11.1. The van der Waals surface area contributed by atoms with Crippen molar-refractivity contribution in [2.45, 2.75) is 5.41 Å². The summed E-state index contributed by atoms with van der Waals surface area (Å²) < 4.78 is 6.98. The summed E-state index contributed by atoms with van der Waals surface area (Å²) in [5.74, 6) is 2.42. The first kappa shape index (κ1) is 30.5. The number of benzene rings is 8. The van der Waals surface area contributed by atoms with Crippen molar-refractivity contribution in [3.8, 4) is 67.7 Å². The standard InChI is InChI=1S/C51H32N2O/c1-2-15-34(16-3-1)46-32-47(37-29-28-33-14-4-5-17-35(33)30-37)53-50(52-46)38-19-12-18-36(31-38)39-22-13-26-45-49(39)54-48-27-11-10-25-44(48)51(45)42-23-8-6-20-40(42)41-21-7-9-24-43(41)51/h1-32H. The van der Waals surface area contributed by atoms with Crippen LogP contribution in [0.4, 0.5) is 0 Å². The molecule has 54 heavy (non-hydrogen) atoms. The van der Waals surface area contributed by atoms with E-state index in [0.29, 0.717) is 5.82 Å². The van der Waals surface area contributed by atoms with Crippen molar-refractivity contribution >= 4 is 10.8 Å². The van der Waals surface area contributed by atoms with E-state index >= 15 is 0 Å². The third kappa shape index (κ3) is 4.55. The third-order valence-corrected chi connectivity index (χ3v) is 11.1. The predicted molar refractivity (Wildman–Crippen MR) is 219 cm³/mol. The van der Waals surface area contributed by atoms with Crippen LogP contribution in [0.3, 0.4) is 0 Å².